The maximum atomic E-state index is 12.4. The van der Waals surface area contributed by atoms with Crippen molar-refractivity contribution in [1.82, 2.24) is 30.1 Å². The number of nitrogens with one attached hydrogen (secondary N) is 3. The Hall–Kier alpha value is -4.84. The van der Waals surface area contributed by atoms with Gasteiger partial charge in [0, 0.05) is 48.4 Å². The van der Waals surface area contributed by atoms with Gasteiger partial charge < -0.3 is 24.5 Å². The van der Waals surface area contributed by atoms with Crippen molar-refractivity contribution in [3.8, 4) is 22.6 Å². The van der Waals surface area contributed by atoms with E-state index in [0.717, 1.165) is 35.6 Å². The van der Waals surface area contributed by atoms with E-state index in [1.807, 2.05) is 12.1 Å². The molecule has 6 rings (SSSR count). The van der Waals surface area contributed by atoms with Crippen LogP contribution in [0.25, 0.3) is 33.8 Å². The molecule has 0 unspecified atom stereocenters. The monoisotopic (exact) mass is 483 g/mol. The van der Waals surface area contributed by atoms with Crippen molar-refractivity contribution >= 4 is 34.6 Å². The molecule has 12 nitrogen and oxygen atoms in total. The molecule has 0 spiro atoms. The molecule has 180 valence electrons. The maximum absolute atomic E-state index is 12.4. The predicted octanol–water partition coefficient (Wildman–Crippen LogP) is 3.55. The number of amides is 2. The Morgan fingerprint density at radius 1 is 0.972 bits per heavy atom. The zero-order valence-electron chi connectivity index (χ0n) is 19.0. The van der Waals surface area contributed by atoms with Gasteiger partial charge in [-0.05, 0) is 36.4 Å². The highest BCUT2D eigenvalue weighted by molar-refractivity contribution is 5.99. The second-order valence-electron chi connectivity index (χ2n) is 8.05. The number of aromatic nitrogens is 6. The number of rotatable bonds is 5. The van der Waals surface area contributed by atoms with E-state index in [0.29, 0.717) is 36.1 Å². The Morgan fingerprint density at radius 2 is 1.78 bits per heavy atom. The van der Waals surface area contributed by atoms with E-state index in [-0.39, 0.29) is 5.88 Å². The van der Waals surface area contributed by atoms with Gasteiger partial charge in [-0.2, -0.15) is 0 Å². The molecule has 0 radical (unpaired) electrons. The number of nitrogens with zero attached hydrogens (tertiary/aromatic N) is 6. The molecule has 1 saturated heterocycles. The quantitative estimate of drug-likeness (QED) is 0.341. The van der Waals surface area contributed by atoms with Crippen LogP contribution in [-0.2, 0) is 4.74 Å². The van der Waals surface area contributed by atoms with Crippen LogP contribution in [0, 0.1) is 0 Å². The molecule has 0 saturated carbocycles. The summed E-state index contributed by atoms with van der Waals surface area (Å²) in [6.45, 7) is 2.86. The van der Waals surface area contributed by atoms with Crippen LogP contribution in [0.5, 0.6) is 0 Å². The zero-order valence-corrected chi connectivity index (χ0v) is 19.0. The number of H-pyrrole nitrogens is 1. The van der Waals surface area contributed by atoms with Crippen LogP contribution in [0.1, 0.15) is 0 Å². The summed E-state index contributed by atoms with van der Waals surface area (Å²) in [5.41, 5.74) is 4.28. The highest BCUT2D eigenvalue weighted by Crippen LogP contribution is 2.27. The van der Waals surface area contributed by atoms with Gasteiger partial charge in [-0.3, -0.25) is 10.3 Å². The molecule has 3 N–H and O–H groups in total. The first-order valence-corrected chi connectivity index (χ1v) is 11.3. The van der Waals surface area contributed by atoms with Crippen molar-refractivity contribution in [2.24, 2.45) is 0 Å². The van der Waals surface area contributed by atoms with Crippen LogP contribution in [0.4, 0.5) is 22.2 Å². The molecule has 0 atom stereocenters. The van der Waals surface area contributed by atoms with Gasteiger partial charge in [-0.25, -0.2) is 19.7 Å². The van der Waals surface area contributed by atoms with Gasteiger partial charge in [0.1, 0.15) is 23.4 Å². The first-order chi connectivity index (χ1) is 17.7. The molecule has 2 amide bonds. The number of urea groups is 1. The Balaban J connectivity index is 1.14. The molecule has 1 aliphatic rings. The summed E-state index contributed by atoms with van der Waals surface area (Å²) in [5.74, 6) is 1.72. The number of pyridine rings is 1. The fourth-order valence-corrected chi connectivity index (χ4v) is 3.95. The molecule has 1 aliphatic heterocycles. The smallest absolute Gasteiger partial charge is 0.326 e. The minimum Gasteiger partial charge on any atom is -0.378 e. The average molecular weight is 483 g/mol. The van der Waals surface area contributed by atoms with E-state index in [1.54, 1.807) is 42.7 Å². The number of hydrogen-bond donors (Lipinski definition) is 3. The summed E-state index contributed by atoms with van der Waals surface area (Å²) in [7, 11) is 0. The Kier molecular flexibility index (Phi) is 5.68. The van der Waals surface area contributed by atoms with Gasteiger partial charge in [-0.15, -0.1) is 0 Å². The third kappa shape index (κ3) is 4.44. The largest absolute Gasteiger partial charge is 0.378 e. The highest BCUT2D eigenvalue weighted by Gasteiger charge is 2.18. The molecule has 1 fully saturated rings. The van der Waals surface area contributed by atoms with E-state index in [1.165, 1.54) is 6.33 Å². The maximum Gasteiger partial charge on any atom is 0.326 e. The number of morpholine rings is 1. The van der Waals surface area contributed by atoms with Gasteiger partial charge in [0.2, 0.25) is 5.88 Å². The number of aromatic amines is 1. The molecule has 1 aromatic carbocycles. The number of carbonyl (C=O) groups is 1. The van der Waals surface area contributed by atoms with Crippen LogP contribution < -0.4 is 15.5 Å². The number of anilines is 3. The first-order valence-electron chi connectivity index (χ1n) is 11.3. The molecular formula is C24H21N9O3. The van der Waals surface area contributed by atoms with Crippen LogP contribution in [0.15, 0.2) is 65.7 Å². The lowest BCUT2D eigenvalue weighted by Gasteiger charge is -2.27. The standard InChI is InChI=1S/C24H21N9O3/c34-24(29-19-13-18(32-36-19)15-5-7-25-8-6-15)28-17-3-1-16(2-4-17)21-30-20-22(31-21)26-14-27-23(20)33-9-11-35-12-10-33/h1-8,13-14H,9-12H2,(H2,28,29,34)(H,26,27,30,31). The molecule has 0 bridgehead atoms. The van der Waals surface area contributed by atoms with Crippen LogP contribution in [0.2, 0.25) is 0 Å². The molecule has 12 heteroatoms. The van der Waals surface area contributed by atoms with Gasteiger partial charge in [-0.1, -0.05) is 5.16 Å². The lowest BCUT2D eigenvalue weighted by molar-refractivity contribution is 0.122. The first kappa shape index (κ1) is 21.7. The number of hydrogen-bond acceptors (Lipinski definition) is 9. The number of imidazole rings is 1. The fourth-order valence-electron chi connectivity index (χ4n) is 3.95. The van der Waals surface area contributed by atoms with Crippen molar-refractivity contribution < 1.29 is 14.1 Å². The van der Waals surface area contributed by atoms with Gasteiger partial charge in [0.15, 0.2) is 11.5 Å². The van der Waals surface area contributed by atoms with E-state index < -0.39 is 6.03 Å². The van der Waals surface area contributed by atoms with Crippen molar-refractivity contribution in [2.45, 2.75) is 0 Å². The lowest BCUT2D eigenvalue weighted by atomic mass is 10.2. The normalized spacial score (nSPS) is 13.6. The third-order valence-corrected chi connectivity index (χ3v) is 5.72. The second kappa shape index (κ2) is 9.43. The van der Waals surface area contributed by atoms with E-state index in [9.17, 15) is 4.79 Å². The number of carbonyl (C=O) groups excluding carboxylic acids is 1. The summed E-state index contributed by atoms with van der Waals surface area (Å²) >= 11 is 0. The molecule has 4 aromatic heterocycles. The number of fused-ring (bicyclic) bond motifs is 1. The molecule has 0 aliphatic carbocycles. The minimum absolute atomic E-state index is 0.232. The van der Waals surface area contributed by atoms with Crippen molar-refractivity contribution in [2.75, 3.05) is 41.8 Å². The van der Waals surface area contributed by atoms with Crippen molar-refractivity contribution in [3.05, 3.63) is 61.2 Å². The van der Waals surface area contributed by atoms with Crippen LogP contribution >= 0.6 is 0 Å². The van der Waals surface area contributed by atoms with E-state index in [2.05, 4.69) is 45.6 Å². The third-order valence-electron chi connectivity index (χ3n) is 5.72. The van der Waals surface area contributed by atoms with Crippen molar-refractivity contribution in [3.63, 3.8) is 0 Å². The van der Waals surface area contributed by atoms with Crippen LogP contribution in [-0.4, -0.2) is 62.4 Å². The van der Waals surface area contributed by atoms with E-state index >= 15 is 0 Å². The minimum atomic E-state index is -0.450. The summed E-state index contributed by atoms with van der Waals surface area (Å²) in [5, 5.41) is 9.39. The molecular weight excluding hydrogens is 462 g/mol. The fraction of sp³-hybridized carbons (Fsp3) is 0.167. The SMILES string of the molecule is O=C(Nc1ccc(-c2nc3ncnc(N4CCOCC4)c3[nH]2)cc1)Nc1cc(-c2ccncc2)no1. The summed E-state index contributed by atoms with van der Waals surface area (Å²) < 4.78 is 10.7. The van der Waals surface area contributed by atoms with Crippen LogP contribution in [0.3, 0.4) is 0 Å². The van der Waals surface area contributed by atoms with Crippen molar-refractivity contribution in [1.29, 1.82) is 0 Å². The van der Waals surface area contributed by atoms with Gasteiger partial charge in [0.05, 0.1) is 13.2 Å². The zero-order chi connectivity index (χ0) is 24.3. The predicted molar refractivity (Wildman–Crippen MR) is 133 cm³/mol. The summed E-state index contributed by atoms with van der Waals surface area (Å²) in [6.07, 6.45) is 4.85. The van der Waals surface area contributed by atoms with Gasteiger partial charge >= 0.3 is 6.03 Å². The Labute approximate surface area is 204 Å². The topological polar surface area (TPSA) is 147 Å². The molecule has 5 aromatic rings. The number of ether oxygens (including phenoxy) is 1. The number of benzene rings is 1. The summed E-state index contributed by atoms with van der Waals surface area (Å²) in [6, 6.07) is 12.1. The summed E-state index contributed by atoms with van der Waals surface area (Å²) in [4.78, 5) is 35.3. The Morgan fingerprint density at radius 3 is 2.58 bits per heavy atom. The second-order valence-corrected chi connectivity index (χ2v) is 8.05. The molecule has 5 heterocycles. The molecule has 36 heavy (non-hydrogen) atoms. The van der Waals surface area contributed by atoms with E-state index in [4.69, 9.17) is 9.26 Å². The Bertz CT molecular complexity index is 1490. The average Bonchev–Trinajstić information content (AvgIpc) is 3.57. The van der Waals surface area contributed by atoms with Gasteiger partial charge in [0.25, 0.3) is 0 Å². The highest BCUT2D eigenvalue weighted by atomic mass is 16.5. The lowest BCUT2D eigenvalue weighted by Crippen LogP contribution is -2.36.